The van der Waals surface area contributed by atoms with E-state index >= 15 is 0 Å². The Morgan fingerprint density at radius 2 is 2.40 bits per heavy atom. The molecule has 3 N–H and O–H groups in total. The number of hydrogen-bond donors (Lipinski definition) is 2. The summed E-state index contributed by atoms with van der Waals surface area (Å²) in [6, 6.07) is 0. The smallest absolute Gasteiger partial charge is 0.244 e. The number of ether oxygens (including phenoxy) is 2. The lowest BCUT2D eigenvalue weighted by molar-refractivity contribution is -0.0933. The molecule has 0 bridgehead atoms. The molecule has 2 saturated heterocycles. The van der Waals surface area contributed by atoms with Crippen molar-refractivity contribution in [1.82, 2.24) is 15.2 Å². The first kappa shape index (κ1) is 13.8. The molecule has 3 heterocycles. The van der Waals surface area contributed by atoms with Crippen molar-refractivity contribution in [2.45, 2.75) is 25.9 Å². The maximum Gasteiger partial charge on any atom is 0.244 e. The minimum absolute atomic E-state index is 0.129. The summed E-state index contributed by atoms with van der Waals surface area (Å²) < 4.78 is 11.0. The van der Waals surface area contributed by atoms with E-state index in [-0.39, 0.29) is 11.5 Å². The van der Waals surface area contributed by atoms with Crippen LogP contribution in [0.2, 0.25) is 0 Å². The predicted molar refractivity (Wildman–Crippen MR) is 74.5 cm³/mol. The molecule has 7 nitrogen and oxygen atoms in total. The van der Waals surface area contributed by atoms with Crippen molar-refractivity contribution in [1.29, 1.82) is 0 Å². The normalized spacial score (nSPS) is 31.5. The molecule has 1 aromatic rings. The van der Waals surface area contributed by atoms with E-state index < -0.39 is 0 Å². The van der Waals surface area contributed by atoms with Crippen molar-refractivity contribution in [3.8, 4) is 0 Å². The van der Waals surface area contributed by atoms with E-state index in [1.807, 2.05) is 0 Å². The van der Waals surface area contributed by atoms with Gasteiger partial charge in [0.25, 0.3) is 0 Å². The van der Waals surface area contributed by atoms with Crippen molar-refractivity contribution >= 4 is 5.95 Å². The Bertz CT molecular complexity index is 446. The fourth-order valence-corrected chi connectivity index (χ4v) is 2.85. The van der Waals surface area contributed by atoms with Crippen LogP contribution in [-0.2, 0) is 9.47 Å². The van der Waals surface area contributed by atoms with Crippen LogP contribution in [0.15, 0.2) is 0 Å². The molecule has 20 heavy (non-hydrogen) atoms. The summed E-state index contributed by atoms with van der Waals surface area (Å²) in [4.78, 5) is 6.78. The quantitative estimate of drug-likeness (QED) is 0.836. The summed E-state index contributed by atoms with van der Waals surface area (Å²) in [5.41, 5.74) is 6.04. The number of aromatic nitrogens is 3. The van der Waals surface area contributed by atoms with Gasteiger partial charge in [0.2, 0.25) is 5.95 Å². The average molecular weight is 281 g/mol. The number of nitrogens with two attached hydrogens (primary N) is 1. The topological polar surface area (TPSA) is 89.3 Å². The number of anilines is 1. The van der Waals surface area contributed by atoms with Crippen LogP contribution in [0.4, 0.5) is 5.95 Å². The molecule has 2 aliphatic rings. The fraction of sp³-hybridized carbons (Fsp3) is 0.846. The molecule has 2 fully saturated rings. The first-order chi connectivity index (χ1) is 9.70. The zero-order valence-corrected chi connectivity index (χ0v) is 12.0. The first-order valence-corrected chi connectivity index (χ1v) is 7.27. The highest BCUT2D eigenvalue weighted by molar-refractivity contribution is 5.30. The van der Waals surface area contributed by atoms with Gasteiger partial charge in [-0.3, -0.25) is 5.10 Å². The Balaban J connectivity index is 1.69. The third-order valence-electron chi connectivity index (χ3n) is 4.17. The van der Waals surface area contributed by atoms with E-state index in [2.05, 4.69) is 27.0 Å². The number of aromatic amines is 1. The van der Waals surface area contributed by atoms with Crippen LogP contribution in [0.25, 0.3) is 0 Å². The van der Waals surface area contributed by atoms with Crippen LogP contribution in [0.5, 0.6) is 0 Å². The molecule has 0 amide bonds. The van der Waals surface area contributed by atoms with E-state index in [0.29, 0.717) is 26.4 Å². The Labute approximate surface area is 118 Å². The number of piperidine rings is 1. The minimum Gasteiger partial charge on any atom is -0.376 e. The largest absolute Gasteiger partial charge is 0.376 e. The molecule has 0 saturated carbocycles. The molecule has 7 heteroatoms. The van der Waals surface area contributed by atoms with Crippen molar-refractivity contribution in [2.75, 3.05) is 44.4 Å². The van der Waals surface area contributed by atoms with E-state index in [1.165, 1.54) is 0 Å². The van der Waals surface area contributed by atoms with E-state index in [9.17, 15) is 0 Å². The average Bonchev–Trinajstić information content (AvgIpc) is 2.98. The zero-order valence-electron chi connectivity index (χ0n) is 12.0. The van der Waals surface area contributed by atoms with Crippen molar-refractivity contribution in [3.63, 3.8) is 0 Å². The van der Waals surface area contributed by atoms with Gasteiger partial charge in [0, 0.05) is 13.1 Å². The number of nitrogens with zero attached hydrogens (tertiary/aromatic N) is 3. The molecule has 2 aliphatic heterocycles. The number of hydrogen-bond acceptors (Lipinski definition) is 6. The van der Waals surface area contributed by atoms with Crippen molar-refractivity contribution in [3.05, 3.63) is 5.82 Å². The predicted octanol–water partition coefficient (Wildman–Crippen LogP) is 0.458. The van der Waals surface area contributed by atoms with Gasteiger partial charge in [-0.25, -0.2) is 0 Å². The van der Waals surface area contributed by atoms with Gasteiger partial charge in [0.15, 0.2) is 5.82 Å². The van der Waals surface area contributed by atoms with E-state index in [4.69, 9.17) is 15.2 Å². The molecule has 2 atom stereocenters. The van der Waals surface area contributed by atoms with Gasteiger partial charge in [0.05, 0.1) is 19.8 Å². The third kappa shape index (κ3) is 2.79. The Morgan fingerprint density at radius 3 is 3.15 bits per heavy atom. The number of nitrogens with one attached hydrogen (secondary N) is 1. The molecule has 112 valence electrons. The second-order valence-corrected chi connectivity index (χ2v) is 5.99. The lowest BCUT2D eigenvalue weighted by atomic mass is 9.82. The van der Waals surface area contributed by atoms with Gasteiger partial charge >= 0.3 is 0 Å². The highest BCUT2D eigenvalue weighted by Crippen LogP contribution is 2.30. The van der Waals surface area contributed by atoms with E-state index in [1.54, 1.807) is 0 Å². The summed E-state index contributed by atoms with van der Waals surface area (Å²) >= 11 is 0. The highest BCUT2D eigenvalue weighted by atomic mass is 16.6. The lowest BCUT2D eigenvalue weighted by Crippen LogP contribution is -2.46. The van der Waals surface area contributed by atoms with Crippen LogP contribution in [0.3, 0.4) is 0 Å². The van der Waals surface area contributed by atoms with Gasteiger partial charge in [-0.05, 0) is 24.8 Å². The van der Waals surface area contributed by atoms with Crippen LogP contribution >= 0.6 is 0 Å². The summed E-state index contributed by atoms with van der Waals surface area (Å²) in [7, 11) is 0. The molecule has 2 unspecified atom stereocenters. The minimum atomic E-state index is -0.129. The molecule has 0 aromatic carbocycles. The maximum atomic E-state index is 5.89. The summed E-state index contributed by atoms with van der Waals surface area (Å²) in [5.74, 6) is 1.49. The Kier molecular flexibility index (Phi) is 3.91. The SMILES string of the molecule is CC1(CN)CCCN(c2n[nH]c(C3COCCO3)n2)C1. The standard InChI is InChI=1S/C13H23N5O2/c1-13(8-14)3-2-4-18(9-13)12-15-11(16-17-12)10-7-19-5-6-20-10/h10H,2-9,14H2,1H3,(H,15,16,17). The van der Waals surface area contributed by atoms with Gasteiger partial charge in [0.1, 0.15) is 6.10 Å². The molecule has 3 rings (SSSR count). The van der Waals surface area contributed by atoms with E-state index in [0.717, 1.165) is 37.7 Å². The molecule has 0 spiro atoms. The Hall–Kier alpha value is -1.18. The van der Waals surface area contributed by atoms with Gasteiger partial charge in [-0.15, -0.1) is 5.10 Å². The van der Waals surface area contributed by atoms with Crippen LogP contribution in [0.1, 0.15) is 31.7 Å². The van der Waals surface area contributed by atoms with Gasteiger partial charge in [-0.2, -0.15) is 4.98 Å². The molecular weight excluding hydrogens is 258 g/mol. The van der Waals surface area contributed by atoms with Crippen LogP contribution in [-0.4, -0.2) is 54.6 Å². The summed E-state index contributed by atoms with van der Waals surface area (Å²) in [5, 5.41) is 7.31. The van der Waals surface area contributed by atoms with Crippen LogP contribution < -0.4 is 10.6 Å². The van der Waals surface area contributed by atoms with Crippen molar-refractivity contribution in [2.24, 2.45) is 11.1 Å². The zero-order chi connectivity index (χ0) is 14.0. The second kappa shape index (κ2) is 5.67. The summed E-state index contributed by atoms with van der Waals surface area (Å²) in [6.45, 7) is 6.60. The molecular formula is C13H23N5O2. The van der Waals surface area contributed by atoms with Crippen LogP contribution in [0, 0.1) is 5.41 Å². The lowest BCUT2D eigenvalue weighted by Gasteiger charge is -2.39. The third-order valence-corrected chi connectivity index (χ3v) is 4.17. The molecule has 0 aliphatic carbocycles. The van der Waals surface area contributed by atoms with Gasteiger partial charge < -0.3 is 20.1 Å². The maximum absolute atomic E-state index is 5.89. The highest BCUT2D eigenvalue weighted by Gasteiger charge is 2.32. The Morgan fingerprint density at radius 1 is 1.50 bits per heavy atom. The molecule has 0 radical (unpaired) electrons. The number of rotatable bonds is 3. The number of H-pyrrole nitrogens is 1. The molecule has 1 aromatic heterocycles. The monoisotopic (exact) mass is 281 g/mol. The van der Waals surface area contributed by atoms with Crippen molar-refractivity contribution < 1.29 is 9.47 Å². The second-order valence-electron chi connectivity index (χ2n) is 5.99. The summed E-state index contributed by atoms with van der Waals surface area (Å²) in [6.07, 6.45) is 2.16. The van der Waals surface area contributed by atoms with Gasteiger partial charge in [-0.1, -0.05) is 6.92 Å². The first-order valence-electron chi connectivity index (χ1n) is 7.27. The fourth-order valence-electron chi connectivity index (χ4n) is 2.85.